The number of nitrogens with one attached hydrogen (secondary N) is 1. The summed E-state index contributed by atoms with van der Waals surface area (Å²) in [6, 6.07) is 8.56. The number of ether oxygens (including phenoxy) is 1. The molecule has 3 aromatic rings. The highest BCUT2D eigenvalue weighted by Gasteiger charge is 2.68. The van der Waals surface area contributed by atoms with Crippen LogP contribution in [0.2, 0.25) is 0 Å². The normalized spacial score (nSPS) is 23.4. The van der Waals surface area contributed by atoms with E-state index < -0.39 is 47.8 Å². The van der Waals surface area contributed by atoms with Gasteiger partial charge >= 0.3 is 7.60 Å². The van der Waals surface area contributed by atoms with Crippen LogP contribution < -0.4 is 10.1 Å². The molecule has 2 N–H and O–H groups in total. The molecule has 1 aromatic carbocycles. The molecule has 0 radical (unpaired) electrons. The van der Waals surface area contributed by atoms with Crippen LogP contribution in [0.25, 0.3) is 5.65 Å². The number of aryl methyl sites for hydroxylation is 2. The molecule has 5 atom stereocenters. The summed E-state index contributed by atoms with van der Waals surface area (Å²) in [6.45, 7) is 5.25. The molecular formula is C27H30Cl2N5O8P. The van der Waals surface area contributed by atoms with E-state index >= 15 is 0 Å². The molecule has 4 rings (SSSR count). The lowest BCUT2D eigenvalue weighted by Gasteiger charge is -2.29. The minimum absolute atomic E-state index is 0.0423. The molecule has 0 aliphatic carbocycles. The molecule has 0 saturated carbocycles. The lowest BCUT2D eigenvalue weighted by Crippen LogP contribution is -2.46. The van der Waals surface area contributed by atoms with Crippen LogP contribution in [0.5, 0.6) is 5.75 Å². The van der Waals surface area contributed by atoms with Gasteiger partial charge in [-0.3, -0.25) is 14.1 Å². The van der Waals surface area contributed by atoms with Crippen LogP contribution in [0.3, 0.4) is 0 Å². The Morgan fingerprint density at radius 1 is 1.33 bits per heavy atom. The van der Waals surface area contributed by atoms with E-state index in [1.54, 1.807) is 31.2 Å². The summed E-state index contributed by atoms with van der Waals surface area (Å²) in [6.07, 6.45) is -1.84. The number of aromatic amines is 1. The second-order valence-corrected chi connectivity index (χ2v) is 13.9. The van der Waals surface area contributed by atoms with Crippen LogP contribution in [0.1, 0.15) is 44.3 Å². The maximum atomic E-state index is 14.1. The summed E-state index contributed by atoms with van der Waals surface area (Å²) in [7, 11) is -4.15. The first-order valence-corrected chi connectivity index (χ1v) is 15.7. The smallest absolute Gasteiger partial charge is 0.380 e. The lowest BCUT2D eigenvalue weighted by atomic mass is 9.95. The van der Waals surface area contributed by atoms with Gasteiger partial charge in [-0.25, -0.2) is 14.1 Å². The molecule has 2 aromatic heterocycles. The Balaban J connectivity index is 1.66. The number of nitrogens with zero attached hydrogens (tertiary/aromatic N) is 4. The Hall–Kier alpha value is -3.11. The fraction of sp³-hybridized carbons (Fsp3) is 0.481. The number of Topliss-reactive ketones (excluding diaryl/α,β-unsaturated/α-hetero) is 2. The van der Waals surface area contributed by atoms with E-state index in [2.05, 4.69) is 15.1 Å². The predicted octanol–water partition coefficient (Wildman–Crippen LogP) is 3.41. The van der Waals surface area contributed by atoms with Gasteiger partial charge in [0.05, 0.1) is 19.0 Å². The first-order chi connectivity index (χ1) is 20.1. The molecule has 0 amide bonds. The second-order valence-electron chi connectivity index (χ2n) is 10.4. The largest absolute Gasteiger partial charge is 0.424 e. The summed E-state index contributed by atoms with van der Waals surface area (Å²) >= 11 is 13.2. The number of aliphatic hydroxyl groups is 1. The zero-order chi connectivity index (χ0) is 31.7. The zero-order valence-corrected chi connectivity index (χ0v) is 26.2. The molecule has 1 saturated heterocycles. The van der Waals surface area contributed by atoms with Crippen molar-refractivity contribution in [2.75, 3.05) is 12.8 Å². The van der Waals surface area contributed by atoms with Gasteiger partial charge in [-0.05, 0) is 38.8 Å². The third kappa shape index (κ3) is 6.41. The molecule has 1 aliphatic heterocycles. The molecule has 16 heteroatoms. The first-order valence-electron chi connectivity index (χ1n) is 13.2. The molecule has 1 fully saturated rings. The summed E-state index contributed by atoms with van der Waals surface area (Å²) in [5.74, 6) is -0.639. The predicted molar refractivity (Wildman–Crippen MR) is 155 cm³/mol. The number of aliphatic hydroxyl groups excluding tert-OH is 1. The van der Waals surface area contributed by atoms with Gasteiger partial charge in [0.2, 0.25) is 11.2 Å². The van der Waals surface area contributed by atoms with Crippen molar-refractivity contribution in [1.29, 1.82) is 5.26 Å². The number of halogens is 2. The van der Waals surface area contributed by atoms with Crippen molar-refractivity contribution in [3.63, 3.8) is 0 Å². The number of hydrogen-bond donors (Lipinski definition) is 2. The van der Waals surface area contributed by atoms with Gasteiger partial charge in [0, 0.05) is 12.3 Å². The Morgan fingerprint density at radius 3 is 2.67 bits per heavy atom. The highest BCUT2D eigenvalue weighted by Crippen LogP contribution is 2.56. The number of aromatic nitrogens is 4. The average Bonchev–Trinajstić information content (AvgIpc) is 3.44. The SMILES string of the molecule is CC(=O)CCc1ccccc1OP(=O)(C[C@@H](C)C(C)=O)OC[C@H]1O[C@@](C#N)(c2cnc3c(=O)[nH]c(C)nn23)C(Cl)(Cl)[C@H]1O. The standard InChI is InChI=1S/C27H30Cl2N5O8P/c1-15(17(3)36)13-43(39,42-20-8-6-5-7-19(20)10-9-16(2)35)40-12-21-23(37)27(28,29)26(14-30,41-21)22-11-31-24-25(38)32-18(4)33-34(22)24/h5-8,11,15,21,23,37H,9-10,12-13H2,1-4H3,(H,32,33,38)/t15-,21-,23+,26+,43?/m1/s1. The monoisotopic (exact) mass is 653 g/mol. The Morgan fingerprint density at radius 2 is 2.02 bits per heavy atom. The van der Waals surface area contributed by atoms with E-state index in [1.807, 2.05) is 6.07 Å². The van der Waals surface area contributed by atoms with E-state index in [-0.39, 0.29) is 47.1 Å². The van der Waals surface area contributed by atoms with E-state index in [9.17, 15) is 29.3 Å². The number of para-hydroxylation sites is 1. The summed E-state index contributed by atoms with van der Waals surface area (Å²) in [5.41, 5.74) is -2.59. The fourth-order valence-corrected chi connectivity index (χ4v) is 7.25. The van der Waals surface area contributed by atoms with Gasteiger partial charge in [0.25, 0.3) is 5.56 Å². The zero-order valence-electron chi connectivity index (χ0n) is 23.7. The quantitative estimate of drug-likeness (QED) is 0.215. The Kier molecular flexibility index (Phi) is 9.52. The van der Waals surface area contributed by atoms with Crippen molar-refractivity contribution in [1.82, 2.24) is 19.6 Å². The number of H-pyrrole nitrogens is 1. The molecule has 1 aliphatic rings. The van der Waals surface area contributed by atoms with Gasteiger partial charge in [0.15, 0.2) is 4.33 Å². The molecule has 0 bridgehead atoms. The fourth-order valence-electron chi connectivity index (χ4n) is 4.59. The number of ketones is 2. The van der Waals surface area contributed by atoms with Crippen molar-refractivity contribution >= 4 is 48.0 Å². The van der Waals surface area contributed by atoms with Crippen LogP contribution in [0.15, 0.2) is 35.3 Å². The number of rotatable bonds is 12. The lowest BCUT2D eigenvalue weighted by molar-refractivity contribution is -0.120. The van der Waals surface area contributed by atoms with Gasteiger partial charge in [-0.1, -0.05) is 48.3 Å². The van der Waals surface area contributed by atoms with Crippen molar-refractivity contribution in [2.45, 2.75) is 62.7 Å². The average molecular weight is 654 g/mol. The van der Waals surface area contributed by atoms with Crippen LogP contribution in [0.4, 0.5) is 0 Å². The van der Waals surface area contributed by atoms with Crippen molar-refractivity contribution in [2.24, 2.45) is 5.92 Å². The van der Waals surface area contributed by atoms with Crippen LogP contribution >= 0.6 is 30.8 Å². The number of imidazole rings is 1. The summed E-state index contributed by atoms with van der Waals surface area (Å²) in [5, 5.41) is 25.6. The molecule has 0 spiro atoms. The molecule has 3 heterocycles. The van der Waals surface area contributed by atoms with E-state index in [0.717, 1.165) is 10.7 Å². The summed E-state index contributed by atoms with van der Waals surface area (Å²) < 4.78 is 30.5. The minimum Gasteiger partial charge on any atom is -0.424 e. The Bertz CT molecular complexity index is 1700. The van der Waals surface area contributed by atoms with Crippen LogP contribution in [-0.4, -0.2) is 65.6 Å². The molecular weight excluding hydrogens is 624 g/mol. The molecule has 13 nitrogen and oxygen atoms in total. The second kappa shape index (κ2) is 12.5. The maximum absolute atomic E-state index is 14.1. The van der Waals surface area contributed by atoms with Gasteiger partial charge in [0.1, 0.15) is 47.1 Å². The van der Waals surface area contributed by atoms with E-state index in [0.29, 0.717) is 12.0 Å². The highest BCUT2D eigenvalue weighted by atomic mass is 35.5. The number of alkyl halides is 2. The number of fused-ring (bicyclic) bond motifs is 1. The maximum Gasteiger partial charge on any atom is 0.380 e. The van der Waals surface area contributed by atoms with Crippen molar-refractivity contribution in [3.05, 3.63) is 57.9 Å². The number of carbonyl (C=O) groups is 2. The van der Waals surface area contributed by atoms with E-state index in [1.165, 1.54) is 20.8 Å². The number of nitriles is 1. The topological polar surface area (TPSA) is 186 Å². The third-order valence-electron chi connectivity index (χ3n) is 7.11. The van der Waals surface area contributed by atoms with Crippen LogP contribution in [-0.2, 0) is 35.4 Å². The number of carbonyl (C=O) groups excluding carboxylic acids is 2. The van der Waals surface area contributed by atoms with Crippen molar-refractivity contribution in [3.8, 4) is 11.8 Å². The first kappa shape index (κ1) is 32.8. The van der Waals surface area contributed by atoms with Gasteiger partial charge < -0.3 is 24.1 Å². The third-order valence-corrected chi connectivity index (χ3v) is 10.1. The van der Waals surface area contributed by atoms with Gasteiger partial charge in [-0.2, -0.15) is 10.4 Å². The summed E-state index contributed by atoms with van der Waals surface area (Å²) in [4.78, 5) is 42.5. The van der Waals surface area contributed by atoms with Crippen LogP contribution in [0, 0.1) is 24.2 Å². The number of benzene rings is 1. The molecule has 43 heavy (non-hydrogen) atoms. The molecule has 1 unspecified atom stereocenters. The number of hydrogen-bond acceptors (Lipinski definition) is 11. The van der Waals surface area contributed by atoms with Crippen molar-refractivity contribution < 1.29 is 33.0 Å². The Labute approximate surface area is 256 Å². The molecule has 230 valence electrons. The highest BCUT2D eigenvalue weighted by molar-refractivity contribution is 7.54. The minimum atomic E-state index is -4.15. The van der Waals surface area contributed by atoms with Gasteiger partial charge in [-0.15, -0.1) is 0 Å². The van der Waals surface area contributed by atoms with E-state index in [4.69, 9.17) is 37.0 Å².